The molecule has 0 N–H and O–H groups in total. The molecular weight excluding hydrogens is 843 g/mol. The van der Waals surface area contributed by atoms with Gasteiger partial charge in [-0.1, -0.05) is 151 Å². The lowest BCUT2D eigenvalue weighted by Crippen LogP contribution is -2.19. The standard InChI is InChI=1S/C60H39N3OS2/c1-2-14-40(15-3-1)41-26-31-44(32-27-41)61(45-33-28-42(29-34-45)43-30-35-56-50(36-43)49-16-4-9-21-55(49)64-56)46-37-47(62-51-17-5-10-22-57(51)65-58-23-11-6-18-52(58)62)39-48(38-46)63-53-19-7-12-24-59(53)66-60-25-13-8-20-54(60)63/h1-39H. The molecule has 0 aliphatic carbocycles. The molecule has 2 aliphatic heterocycles. The van der Waals surface area contributed by atoms with E-state index in [1.54, 1.807) is 0 Å². The number of hydrogen-bond acceptors (Lipinski definition) is 6. The molecule has 0 bridgehead atoms. The molecule has 0 fully saturated rings. The number of anilines is 9. The van der Waals surface area contributed by atoms with Gasteiger partial charge in [0.05, 0.1) is 39.8 Å². The van der Waals surface area contributed by atoms with Crippen molar-refractivity contribution in [1.29, 1.82) is 0 Å². The number of benzene rings is 10. The van der Waals surface area contributed by atoms with Crippen LogP contribution in [0.15, 0.2) is 261 Å². The van der Waals surface area contributed by atoms with Crippen LogP contribution in [0, 0.1) is 0 Å². The first kappa shape index (κ1) is 38.5. The van der Waals surface area contributed by atoms with Crippen LogP contribution in [0.2, 0.25) is 0 Å². The quantitative estimate of drug-likeness (QED) is 0.158. The lowest BCUT2D eigenvalue weighted by molar-refractivity contribution is 0.669. The number of rotatable bonds is 7. The van der Waals surface area contributed by atoms with E-state index in [0.29, 0.717) is 0 Å². The predicted molar refractivity (Wildman–Crippen MR) is 277 cm³/mol. The Hall–Kier alpha value is -7.90. The van der Waals surface area contributed by atoms with Crippen LogP contribution in [-0.4, -0.2) is 0 Å². The molecule has 10 aromatic carbocycles. The van der Waals surface area contributed by atoms with Crippen molar-refractivity contribution >= 4 is 96.6 Å². The van der Waals surface area contributed by atoms with E-state index in [4.69, 9.17) is 4.42 Å². The third-order valence-electron chi connectivity index (χ3n) is 12.6. The summed E-state index contributed by atoms with van der Waals surface area (Å²) >= 11 is 3.66. The summed E-state index contributed by atoms with van der Waals surface area (Å²) < 4.78 is 6.20. The fourth-order valence-corrected chi connectivity index (χ4v) is 11.6. The second kappa shape index (κ2) is 16.0. The molecule has 66 heavy (non-hydrogen) atoms. The molecule has 0 amide bonds. The van der Waals surface area contributed by atoms with E-state index in [2.05, 4.69) is 239 Å². The van der Waals surface area contributed by atoms with Gasteiger partial charge in [0, 0.05) is 41.7 Å². The maximum absolute atomic E-state index is 6.20. The maximum atomic E-state index is 6.20. The van der Waals surface area contributed by atoms with Crippen molar-refractivity contribution in [3.8, 4) is 22.3 Å². The molecule has 0 saturated carbocycles. The number of furan rings is 1. The van der Waals surface area contributed by atoms with Crippen LogP contribution in [0.5, 0.6) is 0 Å². The summed E-state index contributed by atoms with van der Waals surface area (Å²) in [6, 6.07) is 85.5. The first-order chi connectivity index (χ1) is 32.7. The van der Waals surface area contributed by atoms with Crippen LogP contribution < -0.4 is 14.7 Å². The average Bonchev–Trinajstić information content (AvgIpc) is 3.76. The highest BCUT2D eigenvalue weighted by atomic mass is 32.2. The average molecular weight is 882 g/mol. The van der Waals surface area contributed by atoms with Crippen molar-refractivity contribution in [2.75, 3.05) is 14.7 Å². The molecule has 0 saturated heterocycles. The van der Waals surface area contributed by atoms with Gasteiger partial charge in [-0.2, -0.15) is 0 Å². The lowest BCUT2D eigenvalue weighted by atomic mass is 10.0. The van der Waals surface area contributed by atoms with Crippen LogP contribution >= 0.6 is 23.5 Å². The van der Waals surface area contributed by atoms with Gasteiger partial charge in [0.2, 0.25) is 0 Å². The molecular formula is C60H39N3OS2. The van der Waals surface area contributed by atoms with E-state index in [-0.39, 0.29) is 0 Å². The van der Waals surface area contributed by atoms with Crippen LogP contribution in [0.3, 0.4) is 0 Å². The molecule has 6 heteroatoms. The predicted octanol–water partition coefficient (Wildman–Crippen LogP) is 18.3. The Morgan fingerprint density at radius 3 is 1.24 bits per heavy atom. The van der Waals surface area contributed by atoms with Gasteiger partial charge < -0.3 is 19.1 Å². The van der Waals surface area contributed by atoms with E-state index in [0.717, 1.165) is 84.3 Å². The first-order valence-electron chi connectivity index (χ1n) is 22.1. The highest BCUT2D eigenvalue weighted by Crippen LogP contribution is 2.56. The molecule has 1 aromatic heterocycles. The summed E-state index contributed by atoms with van der Waals surface area (Å²) in [4.78, 5) is 12.2. The first-order valence-corrected chi connectivity index (χ1v) is 23.8. The normalized spacial score (nSPS) is 12.7. The monoisotopic (exact) mass is 881 g/mol. The lowest BCUT2D eigenvalue weighted by Gasteiger charge is -2.37. The SMILES string of the molecule is c1ccc(-c2ccc(N(c3ccc(-c4ccc5oc6ccccc6c5c4)cc3)c3cc(N4c5ccccc5Sc5ccccc54)cc(N4c5ccccc5Sc5ccccc54)c3)cc2)cc1. The van der Waals surface area contributed by atoms with Gasteiger partial charge >= 0.3 is 0 Å². The Kier molecular flexibility index (Phi) is 9.32. The molecule has 13 rings (SSSR count). The van der Waals surface area contributed by atoms with Crippen molar-refractivity contribution in [3.05, 3.63) is 237 Å². The Morgan fingerprint density at radius 1 is 0.303 bits per heavy atom. The number of fused-ring (bicyclic) bond motifs is 7. The third kappa shape index (κ3) is 6.64. The van der Waals surface area contributed by atoms with Crippen LogP contribution in [0.1, 0.15) is 0 Å². The van der Waals surface area contributed by atoms with E-state index in [1.807, 2.05) is 35.7 Å². The zero-order valence-electron chi connectivity index (χ0n) is 35.6. The Bertz CT molecular complexity index is 3420. The molecule has 4 nitrogen and oxygen atoms in total. The summed E-state index contributed by atoms with van der Waals surface area (Å²) in [6.07, 6.45) is 0. The van der Waals surface area contributed by atoms with Crippen LogP contribution in [-0.2, 0) is 0 Å². The van der Waals surface area contributed by atoms with Gasteiger partial charge in [-0.3, -0.25) is 0 Å². The third-order valence-corrected chi connectivity index (χ3v) is 14.9. The summed E-state index contributed by atoms with van der Waals surface area (Å²) in [7, 11) is 0. The van der Waals surface area contributed by atoms with Gasteiger partial charge in [0.25, 0.3) is 0 Å². The van der Waals surface area contributed by atoms with Gasteiger partial charge in [0.1, 0.15) is 11.2 Å². The Balaban J connectivity index is 1.03. The molecule has 2 aliphatic rings. The van der Waals surface area contributed by atoms with Crippen LogP contribution in [0.25, 0.3) is 44.2 Å². The Morgan fingerprint density at radius 2 is 0.712 bits per heavy atom. The fourth-order valence-electron chi connectivity index (χ4n) is 9.52. The molecule has 0 radical (unpaired) electrons. The molecule has 0 atom stereocenters. The van der Waals surface area contributed by atoms with E-state index in [9.17, 15) is 0 Å². The van der Waals surface area contributed by atoms with Crippen molar-refractivity contribution in [3.63, 3.8) is 0 Å². The number of hydrogen-bond donors (Lipinski definition) is 0. The molecule has 3 heterocycles. The van der Waals surface area contributed by atoms with Gasteiger partial charge in [-0.25, -0.2) is 0 Å². The summed E-state index contributed by atoms with van der Waals surface area (Å²) in [6.45, 7) is 0. The second-order valence-corrected chi connectivity index (χ2v) is 18.7. The van der Waals surface area contributed by atoms with Crippen molar-refractivity contribution < 1.29 is 4.42 Å². The highest BCUT2D eigenvalue weighted by molar-refractivity contribution is 8.00. The topological polar surface area (TPSA) is 22.9 Å². The molecule has 0 unspecified atom stereocenters. The minimum absolute atomic E-state index is 0.896. The minimum Gasteiger partial charge on any atom is -0.456 e. The Labute approximate surface area is 392 Å². The minimum atomic E-state index is 0.896. The summed E-state index contributed by atoms with van der Waals surface area (Å²) in [5, 5.41) is 2.25. The fraction of sp³-hybridized carbons (Fsp3) is 0. The van der Waals surface area contributed by atoms with E-state index in [1.165, 1.54) is 30.7 Å². The van der Waals surface area contributed by atoms with E-state index < -0.39 is 0 Å². The van der Waals surface area contributed by atoms with Gasteiger partial charge in [-0.05, 0) is 131 Å². The molecule has 0 spiro atoms. The largest absolute Gasteiger partial charge is 0.456 e. The van der Waals surface area contributed by atoms with Crippen LogP contribution in [0.4, 0.5) is 51.2 Å². The number of para-hydroxylation sites is 5. The van der Waals surface area contributed by atoms with Gasteiger partial charge in [0.15, 0.2) is 0 Å². The zero-order chi connectivity index (χ0) is 43.6. The maximum Gasteiger partial charge on any atom is 0.135 e. The van der Waals surface area contributed by atoms with Crippen molar-refractivity contribution in [1.82, 2.24) is 0 Å². The highest BCUT2D eigenvalue weighted by Gasteiger charge is 2.30. The van der Waals surface area contributed by atoms with Crippen molar-refractivity contribution in [2.45, 2.75) is 19.6 Å². The zero-order valence-corrected chi connectivity index (χ0v) is 37.2. The second-order valence-electron chi connectivity index (χ2n) is 16.6. The molecule has 11 aromatic rings. The molecule has 312 valence electrons. The smallest absolute Gasteiger partial charge is 0.135 e. The van der Waals surface area contributed by atoms with Gasteiger partial charge in [-0.15, -0.1) is 0 Å². The summed E-state index contributed by atoms with van der Waals surface area (Å²) in [5.74, 6) is 0. The van der Waals surface area contributed by atoms with Crippen molar-refractivity contribution in [2.24, 2.45) is 0 Å². The summed E-state index contributed by atoms with van der Waals surface area (Å²) in [5.41, 5.74) is 16.3. The van der Waals surface area contributed by atoms with E-state index >= 15 is 0 Å². The number of nitrogens with zero attached hydrogens (tertiary/aromatic N) is 3.